The van der Waals surface area contributed by atoms with E-state index in [0.717, 1.165) is 25.6 Å². The molecular formula is C19H14BrN3O3S. The molecule has 136 valence electrons. The fourth-order valence-corrected chi connectivity index (χ4v) is 4.45. The summed E-state index contributed by atoms with van der Waals surface area (Å²) in [6.45, 7) is -0.0157. The minimum atomic E-state index is -0.404. The Morgan fingerprint density at radius 2 is 2.07 bits per heavy atom. The SMILES string of the molecule is COC(=O)Cn1c(=NC(=O)c2c[nH]c3ccccc23)sc2cc(Br)ccc21. The molecule has 1 amide bonds. The number of fused-ring (bicyclic) bond motifs is 2. The molecule has 8 heteroatoms. The van der Waals surface area contributed by atoms with Crippen LogP contribution in [0.1, 0.15) is 10.4 Å². The smallest absolute Gasteiger partial charge is 0.325 e. The number of ether oxygens (including phenoxy) is 1. The van der Waals surface area contributed by atoms with Crippen LogP contribution in [0.25, 0.3) is 21.1 Å². The monoisotopic (exact) mass is 443 g/mol. The van der Waals surface area contributed by atoms with E-state index in [1.807, 2.05) is 42.5 Å². The Hall–Kier alpha value is -2.71. The highest BCUT2D eigenvalue weighted by atomic mass is 79.9. The van der Waals surface area contributed by atoms with Gasteiger partial charge in [0.25, 0.3) is 5.91 Å². The number of para-hydroxylation sites is 1. The Kier molecular flexibility index (Phi) is 4.67. The number of aromatic amines is 1. The molecule has 2 aromatic heterocycles. The number of amides is 1. The molecule has 27 heavy (non-hydrogen) atoms. The van der Waals surface area contributed by atoms with Gasteiger partial charge in [-0.3, -0.25) is 9.59 Å². The van der Waals surface area contributed by atoms with Gasteiger partial charge in [0.1, 0.15) is 6.54 Å². The zero-order valence-corrected chi connectivity index (χ0v) is 16.6. The molecule has 0 saturated heterocycles. The van der Waals surface area contributed by atoms with E-state index in [9.17, 15) is 9.59 Å². The lowest BCUT2D eigenvalue weighted by Crippen LogP contribution is -2.22. The highest BCUT2D eigenvalue weighted by Gasteiger charge is 2.14. The van der Waals surface area contributed by atoms with Crippen molar-refractivity contribution in [3.8, 4) is 0 Å². The Balaban J connectivity index is 1.87. The molecule has 0 atom stereocenters. The van der Waals surface area contributed by atoms with Gasteiger partial charge in [0, 0.05) is 21.6 Å². The second kappa shape index (κ2) is 7.13. The van der Waals surface area contributed by atoms with Crippen LogP contribution < -0.4 is 4.80 Å². The number of benzene rings is 2. The van der Waals surface area contributed by atoms with Gasteiger partial charge in [-0.05, 0) is 24.3 Å². The van der Waals surface area contributed by atoms with Gasteiger partial charge in [-0.15, -0.1) is 0 Å². The third kappa shape index (κ3) is 3.33. The minimum Gasteiger partial charge on any atom is -0.468 e. The number of methoxy groups -OCH3 is 1. The first kappa shape index (κ1) is 17.7. The van der Waals surface area contributed by atoms with Crippen molar-refractivity contribution in [1.29, 1.82) is 0 Å². The van der Waals surface area contributed by atoms with Gasteiger partial charge in [0.2, 0.25) is 0 Å². The molecule has 0 spiro atoms. The van der Waals surface area contributed by atoms with E-state index < -0.39 is 5.97 Å². The Morgan fingerprint density at radius 3 is 2.89 bits per heavy atom. The molecule has 1 N–H and O–H groups in total. The molecule has 2 heterocycles. The van der Waals surface area contributed by atoms with Gasteiger partial charge < -0.3 is 14.3 Å². The molecular weight excluding hydrogens is 430 g/mol. The van der Waals surface area contributed by atoms with Crippen LogP contribution in [-0.2, 0) is 16.1 Å². The molecule has 0 unspecified atom stereocenters. The fraction of sp³-hybridized carbons (Fsp3) is 0.105. The van der Waals surface area contributed by atoms with Gasteiger partial charge in [0.05, 0.1) is 22.9 Å². The predicted octanol–water partition coefficient (Wildman–Crippen LogP) is 3.86. The Bertz CT molecular complexity index is 1250. The fourth-order valence-electron chi connectivity index (χ4n) is 2.87. The van der Waals surface area contributed by atoms with E-state index in [0.29, 0.717) is 10.4 Å². The maximum atomic E-state index is 12.8. The van der Waals surface area contributed by atoms with E-state index in [1.165, 1.54) is 18.4 Å². The Morgan fingerprint density at radius 1 is 1.26 bits per heavy atom. The van der Waals surface area contributed by atoms with E-state index in [4.69, 9.17) is 4.74 Å². The zero-order chi connectivity index (χ0) is 19.0. The summed E-state index contributed by atoms with van der Waals surface area (Å²) in [7, 11) is 1.34. The van der Waals surface area contributed by atoms with Gasteiger partial charge >= 0.3 is 5.97 Å². The number of esters is 1. The Labute approximate surface area is 166 Å². The molecule has 6 nitrogen and oxygen atoms in total. The minimum absolute atomic E-state index is 0.0157. The summed E-state index contributed by atoms with van der Waals surface area (Å²) in [4.78, 5) is 32.5. The molecule has 0 radical (unpaired) electrons. The van der Waals surface area contributed by atoms with Crippen LogP contribution in [0.3, 0.4) is 0 Å². The number of hydrogen-bond donors (Lipinski definition) is 1. The zero-order valence-electron chi connectivity index (χ0n) is 14.2. The predicted molar refractivity (Wildman–Crippen MR) is 108 cm³/mol. The van der Waals surface area contributed by atoms with Crippen LogP contribution in [0, 0.1) is 0 Å². The summed E-state index contributed by atoms with van der Waals surface area (Å²) < 4.78 is 8.32. The lowest BCUT2D eigenvalue weighted by atomic mass is 10.2. The number of rotatable bonds is 3. The number of thiazole rings is 1. The molecule has 4 aromatic rings. The van der Waals surface area contributed by atoms with Crippen molar-refractivity contribution in [3.63, 3.8) is 0 Å². The van der Waals surface area contributed by atoms with Gasteiger partial charge in [-0.1, -0.05) is 45.5 Å². The summed E-state index contributed by atoms with van der Waals surface area (Å²) >= 11 is 4.79. The third-order valence-corrected chi connectivity index (χ3v) is 5.71. The number of halogens is 1. The summed E-state index contributed by atoms with van der Waals surface area (Å²) in [5.41, 5.74) is 2.19. The highest BCUT2D eigenvalue weighted by molar-refractivity contribution is 9.10. The summed E-state index contributed by atoms with van der Waals surface area (Å²) in [6, 6.07) is 13.3. The van der Waals surface area contributed by atoms with Crippen molar-refractivity contribution >= 4 is 60.3 Å². The maximum Gasteiger partial charge on any atom is 0.325 e. The number of H-pyrrole nitrogens is 1. The largest absolute Gasteiger partial charge is 0.468 e. The molecule has 2 aromatic carbocycles. The molecule has 0 saturated carbocycles. The molecule has 0 fully saturated rings. The normalized spacial score (nSPS) is 12.0. The van der Waals surface area contributed by atoms with E-state index >= 15 is 0 Å². The van der Waals surface area contributed by atoms with Gasteiger partial charge in [0.15, 0.2) is 4.80 Å². The van der Waals surface area contributed by atoms with E-state index in [-0.39, 0.29) is 12.5 Å². The van der Waals surface area contributed by atoms with Crippen molar-refractivity contribution in [3.05, 3.63) is 63.5 Å². The molecule has 0 aliphatic heterocycles. The lowest BCUT2D eigenvalue weighted by molar-refractivity contribution is -0.141. The second-order valence-electron chi connectivity index (χ2n) is 5.82. The molecule has 0 aliphatic carbocycles. The average Bonchev–Trinajstić information content (AvgIpc) is 3.23. The third-order valence-electron chi connectivity index (χ3n) is 4.18. The van der Waals surface area contributed by atoms with Gasteiger partial charge in [-0.25, -0.2) is 0 Å². The maximum absolute atomic E-state index is 12.8. The summed E-state index contributed by atoms with van der Waals surface area (Å²) in [6.07, 6.45) is 1.66. The molecule has 4 rings (SSSR count). The lowest BCUT2D eigenvalue weighted by Gasteiger charge is -2.03. The number of aromatic nitrogens is 2. The van der Waals surface area contributed by atoms with Crippen LogP contribution in [0.2, 0.25) is 0 Å². The first-order valence-electron chi connectivity index (χ1n) is 8.07. The second-order valence-corrected chi connectivity index (χ2v) is 7.75. The first-order chi connectivity index (χ1) is 13.1. The average molecular weight is 444 g/mol. The van der Waals surface area contributed by atoms with Crippen molar-refractivity contribution in [2.24, 2.45) is 4.99 Å². The number of carbonyl (C=O) groups is 2. The highest BCUT2D eigenvalue weighted by Crippen LogP contribution is 2.23. The van der Waals surface area contributed by atoms with E-state index in [1.54, 1.807) is 10.8 Å². The number of hydrogen-bond acceptors (Lipinski definition) is 4. The quantitative estimate of drug-likeness (QED) is 0.488. The van der Waals surface area contributed by atoms with Crippen LogP contribution in [-0.4, -0.2) is 28.5 Å². The van der Waals surface area contributed by atoms with Crippen molar-refractivity contribution in [2.45, 2.75) is 6.54 Å². The number of nitrogens with one attached hydrogen (secondary N) is 1. The molecule has 0 aliphatic rings. The van der Waals surface area contributed by atoms with Crippen molar-refractivity contribution in [2.75, 3.05) is 7.11 Å². The number of carbonyl (C=O) groups excluding carboxylic acids is 2. The summed E-state index contributed by atoms with van der Waals surface area (Å²) in [5.74, 6) is -0.768. The number of nitrogens with zero attached hydrogens (tertiary/aromatic N) is 2. The van der Waals surface area contributed by atoms with Crippen LogP contribution in [0.15, 0.2) is 58.1 Å². The summed E-state index contributed by atoms with van der Waals surface area (Å²) in [5, 5.41) is 0.814. The van der Waals surface area contributed by atoms with Gasteiger partial charge in [-0.2, -0.15) is 4.99 Å². The standard InChI is InChI=1S/C19H14BrN3O3S/c1-26-17(24)10-23-15-7-6-11(20)8-16(15)27-19(23)22-18(25)13-9-21-14-5-3-2-4-12(13)14/h2-9,21H,10H2,1H3. The van der Waals surface area contributed by atoms with Crippen molar-refractivity contribution < 1.29 is 14.3 Å². The first-order valence-corrected chi connectivity index (χ1v) is 9.68. The molecule has 0 bridgehead atoms. The van der Waals surface area contributed by atoms with Crippen LogP contribution >= 0.6 is 27.3 Å². The van der Waals surface area contributed by atoms with Crippen LogP contribution in [0.4, 0.5) is 0 Å². The van der Waals surface area contributed by atoms with Crippen LogP contribution in [0.5, 0.6) is 0 Å². The topological polar surface area (TPSA) is 76.5 Å². The van der Waals surface area contributed by atoms with Crippen molar-refractivity contribution in [1.82, 2.24) is 9.55 Å². The van der Waals surface area contributed by atoms with E-state index in [2.05, 4.69) is 25.9 Å².